The lowest BCUT2D eigenvalue weighted by Gasteiger charge is -2.31. The van der Waals surface area contributed by atoms with Crippen LogP contribution in [0, 0.1) is 11.8 Å². The first kappa shape index (κ1) is 11.7. The Morgan fingerprint density at radius 2 is 2.00 bits per heavy atom. The molecule has 3 atom stereocenters. The zero-order valence-corrected chi connectivity index (χ0v) is 8.01. The molecule has 0 bridgehead atoms. The van der Waals surface area contributed by atoms with E-state index in [4.69, 9.17) is 0 Å². The van der Waals surface area contributed by atoms with Crippen molar-refractivity contribution < 1.29 is 10.6 Å². The first-order chi connectivity index (χ1) is 5.11. The van der Waals surface area contributed by atoms with Gasteiger partial charge in [-0.25, -0.2) is 0 Å². The van der Waals surface area contributed by atoms with Crippen molar-refractivity contribution in [2.75, 3.05) is 0 Å². The van der Waals surface area contributed by atoms with Crippen molar-refractivity contribution in [1.82, 2.24) is 0 Å². The van der Waals surface area contributed by atoms with Crippen LogP contribution in [0.25, 0.3) is 0 Å². The van der Waals surface area contributed by atoms with Gasteiger partial charge in [0.25, 0.3) is 0 Å². The lowest BCUT2D eigenvalue weighted by atomic mass is 9.78. The molecule has 2 heteroatoms. The summed E-state index contributed by atoms with van der Waals surface area (Å²) in [5.41, 5.74) is 1.14. The van der Waals surface area contributed by atoms with E-state index in [1.807, 2.05) is 6.92 Å². The third-order valence-corrected chi connectivity index (χ3v) is 2.71. The summed E-state index contributed by atoms with van der Waals surface area (Å²) in [5.74, 6) is 1.06. The summed E-state index contributed by atoms with van der Waals surface area (Å²) in [5, 5.41) is 9.65. The molecule has 1 aliphatic carbocycles. The van der Waals surface area contributed by atoms with Crippen molar-refractivity contribution in [3.05, 3.63) is 12.2 Å². The highest BCUT2D eigenvalue weighted by Gasteiger charge is 2.26. The van der Waals surface area contributed by atoms with E-state index < -0.39 is 0 Å². The highest BCUT2D eigenvalue weighted by molar-refractivity contribution is 5.01. The molecule has 0 saturated heterocycles. The van der Waals surface area contributed by atoms with Gasteiger partial charge in [0.05, 0.1) is 6.10 Å². The number of aliphatic hydroxyl groups excluding tert-OH is 1. The molecular weight excluding hydrogens is 152 g/mol. The lowest BCUT2D eigenvalue weighted by Crippen LogP contribution is -2.28. The van der Waals surface area contributed by atoms with Gasteiger partial charge in [0, 0.05) is 5.92 Å². The summed E-state index contributed by atoms with van der Waals surface area (Å²) in [4.78, 5) is 0. The molecule has 2 nitrogen and oxygen atoms in total. The molecule has 1 saturated carbocycles. The van der Waals surface area contributed by atoms with Crippen LogP contribution in [-0.4, -0.2) is 16.7 Å². The van der Waals surface area contributed by atoms with Gasteiger partial charge < -0.3 is 10.6 Å². The van der Waals surface area contributed by atoms with E-state index in [0.29, 0.717) is 11.8 Å². The van der Waals surface area contributed by atoms with Crippen LogP contribution >= 0.6 is 0 Å². The van der Waals surface area contributed by atoms with Gasteiger partial charge in [-0.2, -0.15) is 0 Å². The van der Waals surface area contributed by atoms with Crippen molar-refractivity contribution >= 4 is 0 Å². The molecule has 3 N–H and O–H groups in total. The molecule has 0 amide bonds. The highest BCUT2D eigenvalue weighted by Crippen LogP contribution is 2.32. The number of hydrogen-bond acceptors (Lipinski definition) is 1. The molecule has 0 aromatic heterocycles. The van der Waals surface area contributed by atoms with E-state index in [-0.39, 0.29) is 11.6 Å². The van der Waals surface area contributed by atoms with Crippen LogP contribution in [0.15, 0.2) is 12.2 Å². The van der Waals surface area contributed by atoms with Gasteiger partial charge in [-0.1, -0.05) is 19.1 Å². The smallest absolute Gasteiger partial charge is 0.0607 e. The average molecular weight is 172 g/mol. The quantitative estimate of drug-likeness (QED) is 0.599. The fourth-order valence-electron chi connectivity index (χ4n) is 1.93. The molecule has 0 aromatic carbocycles. The first-order valence-electron chi connectivity index (χ1n) is 4.44. The fraction of sp³-hybridized carbons (Fsp3) is 0.800. The van der Waals surface area contributed by atoms with E-state index in [9.17, 15) is 5.11 Å². The van der Waals surface area contributed by atoms with Gasteiger partial charge >= 0.3 is 0 Å². The molecule has 12 heavy (non-hydrogen) atoms. The Labute approximate surface area is 74.6 Å². The summed E-state index contributed by atoms with van der Waals surface area (Å²) in [6.07, 6.45) is 3.19. The molecule has 1 rings (SSSR count). The first-order valence-corrected chi connectivity index (χ1v) is 4.44. The Kier molecular flexibility index (Phi) is 4.50. The van der Waals surface area contributed by atoms with Crippen LogP contribution in [0.2, 0.25) is 0 Å². The molecule has 3 unspecified atom stereocenters. The Balaban J connectivity index is 0.00000121. The van der Waals surface area contributed by atoms with Gasteiger partial charge in [0.1, 0.15) is 0 Å². The van der Waals surface area contributed by atoms with Gasteiger partial charge in [0.2, 0.25) is 0 Å². The summed E-state index contributed by atoms with van der Waals surface area (Å²) < 4.78 is 0. The Morgan fingerprint density at radius 3 is 2.42 bits per heavy atom. The second-order valence-electron chi connectivity index (χ2n) is 3.94. The normalized spacial score (nSPS) is 35.4. The van der Waals surface area contributed by atoms with E-state index in [1.54, 1.807) is 0 Å². The van der Waals surface area contributed by atoms with Crippen molar-refractivity contribution in [1.29, 1.82) is 0 Å². The Hall–Kier alpha value is -0.340. The minimum atomic E-state index is -0.128. The van der Waals surface area contributed by atoms with E-state index in [1.165, 1.54) is 6.42 Å². The standard InChI is InChI=1S/C10H18O.H2O/c1-7(2)9-5-4-8(3)6-10(9)11;/h8-11H,1,4-6H2,2-3H3;1H2. The minimum absolute atomic E-state index is 0. The molecule has 72 valence electrons. The van der Waals surface area contributed by atoms with Gasteiger partial charge in [0.15, 0.2) is 0 Å². The van der Waals surface area contributed by atoms with Crippen molar-refractivity contribution in [2.45, 2.75) is 39.2 Å². The van der Waals surface area contributed by atoms with E-state index in [2.05, 4.69) is 13.5 Å². The summed E-state index contributed by atoms with van der Waals surface area (Å²) in [6.45, 7) is 8.12. The number of hydrogen-bond donors (Lipinski definition) is 1. The molecule has 1 fully saturated rings. The predicted octanol–water partition coefficient (Wildman–Crippen LogP) is 1.53. The fourth-order valence-corrected chi connectivity index (χ4v) is 1.93. The molecule has 0 aromatic rings. The number of rotatable bonds is 1. The maximum Gasteiger partial charge on any atom is 0.0607 e. The van der Waals surface area contributed by atoms with E-state index in [0.717, 1.165) is 18.4 Å². The predicted molar refractivity (Wildman–Crippen MR) is 50.9 cm³/mol. The maximum absolute atomic E-state index is 9.65. The highest BCUT2D eigenvalue weighted by atomic mass is 16.3. The van der Waals surface area contributed by atoms with Gasteiger partial charge in [-0.3, -0.25) is 0 Å². The summed E-state index contributed by atoms with van der Waals surface area (Å²) in [7, 11) is 0. The molecule has 1 aliphatic rings. The van der Waals surface area contributed by atoms with Crippen molar-refractivity contribution in [3.8, 4) is 0 Å². The van der Waals surface area contributed by atoms with Crippen molar-refractivity contribution in [2.24, 2.45) is 11.8 Å². The monoisotopic (exact) mass is 172 g/mol. The topological polar surface area (TPSA) is 51.7 Å². The van der Waals surface area contributed by atoms with Crippen LogP contribution in [-0.2, 0) is 0 Å². The van der Waals surface area contributed by atoms with Gasteiger partial charge in [-0.05, 0) is 32.1 Å². The molecule has 0 spiro atoms. The lowest BCUT2D eigenvalue weighted by molar-refractivity contribution is 0.0656. The summed E-state index contributed by atoms with van der Waals surface area (Å²) in [6, 6.07) is 0. The number of aliphatic hydroxyl groups is 1. The van der Waals surface area contributed by atoms with E-state index >= 15 is 0 Å². The zero-order valence-electron chi connectivity index (χ0n) is 8.01. The van der Waals surface area contributed by atoms with Gasteiger partial charge in [-0.15, -0.1) is 0 Å². The van der Waals surface area contributed by atoms with Crippen molar-refractivity contribution in [3.63, 3.8) is 0 Å². The Morgan fingerprint density at radius 1 is 1.42 bits per heavy atom. The van der Waals surface area contributed by atoms with Crippen LogP contribution in [0.5, 0.6) is 0 Å². The average Bonchev–Trinajstić information content (AvgIpc) is 1.85. The second kappa shape index (κ2) is 4.63. The molecule has 0 aliphatic heterocycles. The van der Waals surface area contributed by atoms with Crippen LogP contribution in [0.1, 0.15) is 33.1 Å². The Bertz CT molecular complexity index is 154. The largest absolute Gasteiger partial charge is 0.412 e. The summed E-state index contributed by atoms with van der Waals surface area (Å²) >= 11 is 0. The van der Waals surface area contributed by atoms with Crippen LogP contribution in [0.4, 0.5) is 0 Å². The molecule has 0 radical (unpaired) electrons. The third-order valence-electron chi connectivity index (χ3n) is 2.71. The zero-order chi connectivity index (χ0) is 8.43. The molecular formula is C10H20O2. The second-order valence-corrected chi connectivity index (χ2v) is 3.94. The molecule has 0 heterocycles. The third kappa shape index (κ3) is 2.61. The SMILES string of the molecule is C=C(C)C1CCC(C)CC1O.O. The van der Waals surface area contributed by atoms with Crippen LogP contribution < -0.4 is 0 Å². The van der Waals surface area contributed by atoms with Crippen LogP contribution in [0.3, 0.4) is 0 Å². The maximum atomic E-state index is 9.65. The minimum Gasteiger partial charge on any atom is -0.412 e.